The van der Waals surface area contributed by atoms with Crippen molar-refractivity contribution in [2.24, 2.45) is 11.7 Å². The zero-order valence-electron chi connectivity index (χ0n) is 9.86. The maximum atomic E-state index is 11.0. The van der Waals surface area contributed by atoms with Gasteiger partial charge >= 0.3 is 0 Å². The summed E-state index contributed by atoms with van der Waals surface area (Å²) in [6.45, 7) is 3.40. The van der Waals surface area contributed by atoms with Gasteiger partial charge in [-0.1, -0.05) is 0 Å². The number of likely N-dealkylation sites (N-methyl/N-ethyl adjacent to an activating group) is 1. The summed E-state index contributed by atoms with van der Waals surface area (Å²) < 4.78 is 22.0. The molecule has 0 aromatic heterocycles. The SMILES string of the molecule is CN(CCS(C)(=O)=O)CC(C)(N)C1CC1. The number of hydrogen-bond acceptors (Lipinski definition) is 4. The zero-order chi connectivity index (χ0) is 11.7. The lowest BCUT2D eigenvalue weighted by Gasteiger charge is -2.30. The highest BCUT2D eigenvalue weighted by Gasteiger charge is 2.38. The van der Waals surface area contributed by atoms with Gasteiger partial charge in [-0.2, -0.15) is 0 Å². The molecular formula is C10H22N2O2S. The first-order chi connectivity index (χ1) is 6.71. The van der Waals surface area contributed by atoms with E-state index in [4.69, 9.17) is 5.73 Å². The minimum absolute atomic E-state index is 0.160. The van der Waals surface area contributed by atoms with Crippen LogP contribution in [0.3, 0.4) is 0 Å². The first-order valence-electron chi connectivity index (χ1n) is 5.36. The van der Waals surface area contributed by atoms with Crippen molar-refractivity contribution < 1.29 is 8.42 Å². The van der Waals surface area contributed by atoms with Crippen molar-refractivity contribution in [1.29, 1.82) is 0 Å². The van der Waals surface area contributed by atoms with Crippen LogP contribution in [0.25, 0.3) is 0 Å². The first-order valence-corrected chi connectivity index (χ1v) is 7.42. The average Bonchev–Trinajstić information content (AvgIpc) is 2.80. The van der Waals surface area contributed by atoms with Gasteiger partial charge in [-0.3, -0.25) is 0 Å². The smallest absolute Gasteiger partial charge is 0.148 e. The number of rotatable bonds is 6. The van der Waals surface area contributed by atoms with Gasteiger partial charge in [-0.15, -0.1) is 0 Å². The number of hydrogen-bond donors (Lipinski definition) is 1. The lowest BCUT2D eigenvalue weighted by molar-refractivity contribution is 0.248. The Morgan fingerprint density at radius 1 is 1.47 bits per heavy atom. The van der Waals surface area contributed by atoms with Gasteiger partial charge in [0.15, 0.2) is 0 Å². The Balaban J connectivity index is 2.32. The van der Waals surface area contributed by atoms with Gasteiger partial charge in [0.1, 0.15) is 9.84 Å². The average molecular weight is 234 g/mol. The molecule has 0 saturated heterocycles. The molecule has 5 heteroatoms. The molecule has 0 aliphatic heterocycles. The van der Waals surface area contributed by atoms with Crippen LogP contribution >= 0.6 is 0 Å². The van der Waals surface area contributed by atoms with Crippen molar-refractivity contribution in [2.75, 3.05) is 32.1 Å². The van der Waals surface area contributed by atoms with Gasteiger partial charge in [-0.05, 0) is 32.7 Å². The fraction of sp³-hybridized carbons (Fsp3) is 1.00. The summed E-state index contributed by atoms with van der Waals surface area (Å²) in [6, 6.07) is 0. The van der Waals surface area contributed by atoms with Crippen molar-refractivity contribution >= 4 is 9.84 Å². The van der Waals surface area contributed by atoms with Crippen LogP contribution < -0.4 is 5.73 Å². The maximum absolute atomic E-state index is 11.0. The second-order valence-electron chi connectivity index (χ2n) is 5.15. The quantitative estimate of drug-likeness (QED) is 0.707. The molecule has 1 saturated carbocycles. The molecule has 1 atom stereocenters. The van der Waals surface area contributed by atoms with E-state index in [0.29, 0.717) is 12.5 Å². The molecule has 90 valence electrons. The molecule has 0 aromatic rings. The maximum Gasteiger partial charge on any atom is 0.148 e. The second-order valence-corrected chi connectivity index (χ2v) is 7.41. The van der Waals surface area contributed by atoms with Crippen LogP contribution in [0.15, 0.2) is 0 Å². The van der Waals surface area contributed by atoms with Gasteiger partial charge in [0.25, 0.3) is 0 Å². The fourth-order valence-electron chi connectivity index (χ4n) is 1.85. The summed E-state index contributed by atoms with van der Waals surface area (Å²) in [4.78, 5) is 2.01. The van der Waals surface area contributed by atoms with Gasteiger partial charge in [0, 0.05) is 24.9 Å². The summed E-state index contributed by atoms with van der Waals surface area (Å²) in [6.07, 6.45) is 3.70. The van der Waals surface area contributed by atoms with Crippen LogP contribution in [-0.4, -0.2) is 51.0 Å². The Morgan fingerprint density at radius 3 is 2.40 bits per heavy atom. The Bertz CT molecular complexity index is 307. The Kier molecular flexibility index (Phi) is 3.79. The molecule has 1 fully saturated rings. The van der Waals surface area contributed by atoms with E-state index >= 15 is 0 Å². The normalized spacial score (nSPS) is 21.7. The standard InChI is InChI=1S/C10H22N2O2S/c1-10(11,9-4-5-9)8-12(2)6-7-15(3,13)14/h9H,4-8,11H2,1-3H3. The number of nitrogens with zero attached hydrogens (tertiary/aromatic N) is 1. The third kappa shape index (κ3) is 4.95. The minimum Gasteiger partial charge on any atom is -0.324 e. The largest absolute Gasteiger partial charge is 0.324 e. The molecule has 1 aliphatic rings. The van der Waals surface area contributed by atoms with Gasteiger partial charge in [-0.25, -0.2) is 8.42 Å². The van der Waals surface area contributed by atoms with E-state index in [1.807, 2.05) is 11.9 Å². The summed E-state index contributed by atoms with van der Waals surface area (Å²) in [7, 11) is -0.933. The molecule has 15 heavy (non-hydrogen) atoms. The van der Waals surface area contributed by atoms with E-state index in [-0.39, 0.29) is 11.3 Å². The van der Waals surface area contributed by atoms with Crippen LogP contribution in [0.5, 0.6) is 0 Å². The van der Waals surface area contributed by atoms with Crippen LogP contribution in [0.1, 0.15) is 19.8 Å². The van der Waals surface area contributed by atoms with E-state index < -0.39 is 9.84 Å². The molecule has 0 aromatic carbocycles. The van der Waals surface area contributed by atoms with Crippen LogP contribution in [0.2, 0.25) is 0 Å². The first kappa shape index (κ1) is 12.9. The van der Waals surface area contributed by atoms with Crippen LogP contribution in [-0.2, 0) is 9.84 Å². The Labute approximate surface area is 92.7 Å². The molecule has 1 aliphatic carbocycles. The van der Waals surface area contributed by atoms with Crippen LogP contribution in [0.4, 0.5) is 0 Å². The highest BCUT2D eigenvalue weighted by Crippen LogP contribution is 2.38. The molecule has 0 radical (unpaired) electrons. The summed E-state index contributed by atoms with van der Waals surface area (Å²) >= 11 is 0. The molecule has 2 N–H and O–H groups in total. The molecule has 1 rings (SSSR count). The van der Waals surface area contributed by atoms with E-state index in [9.17, 15) is 8.42 Å². The van der Waals surface area contributed by atoms with E-state index in [2.05, 4.69) is 6.92 Å². The molecule has 1 unspecified atom stereocenters. The Morgan fingerprint density at radius 2 is 2.00 bits per heavy atom. The van der Waals surface area contributed by atoms with Gasteiger partial charge in [0.2, 0.25) is 0 Å². The lowest BCUT2D eigenvalue weighted by Crippen LogP contribution is -2.49. The number of nitrogens with two attached hydrogens (primary N) is 1. The molecule has 0 heterocycles. The van der Waals surface area contributed by atoms with E-state index in [1.54, 1.807) is 0 Å². The van der Waals surface area contributed by atoms with E-state index in [1.165, 1.54) is 19.1 Å². The molecule has 4 nitrogen and oxygen atoms in total. The summed E-state index contributed by atoms with van der Waals surface area (Å²) in [5.74, 6) is 0.836. The van der Waals surface area contributed by atoms with Gasteiger partial charge < -0.3 is 10.6 Å². The molecule has 0 bridgehead atoms. The second kappa shape index (κ2) is 4.39. The third-order valence-corrected chi connectivity index (χ3v) is 3.89. The van der Waals surface area contributed by atoms with E-state index in [0.717, 1.165) is 6.54 Å². The topological polar surface area (TPSA) is 63.4 Å². The predicted molar refractivity (Wildman–Crippen MR) is 62.5 cm³/mol. The Hall–Kier alpha value is -0.130. The van der Waals surface area contributed by atoms with Crippen LogP contribution in [0, 0.1) is 5.92 Å². The highest BCUT2D eigenvalue weighted by atomic mass is 32.2. The predicted octanol–water partition coefficient (Wildman–Crippen LogP) is 0.0902. The highest BCUT2D eigenvalue weighted by molar-refractivity contribution is 7.90. The van der Waals surface area contributed by atoms with Gasteiger partial charge in [0.05, 0.1) is 5.75 Å². The molecule has 0 spiro atoms. The minimum atomic E-state index is -2.86. The van der Waals surface area contributed by atoms with Crippen molar-refractivity contribution in [3.05, 3.63) is 0 Å². The monoisotopic (exact) mass is 234 g/mol. The zero-order valence-corrected chi connectivity index (χ0v) is 10.7. The van der Waals surface area contributed by atoms with Crippen molar-refractivity contribution in [2.45, 2.75) is 25.3 Å². The number of sulfone groups is 1. The summed E-state index contributed by atoms with van der Waals surface area (Å²) in [5, 5.41) is 0. The fourth-order valence-corrected chi connectivity index (χ4v) is 2.50. The van der Waals surface area contributed by atoms with Crippen molar-refractivity contribution in [1.82, 2.24) is 4.90 Å². The third-order valence-electron chi connectivity index (χ3n) is 2.96. The molecule has 0 amide bonds. The lowest BCUT2D eigenvalue weighted by atomic mass is 9.97. The van der Waals surface area contributed by atoms with Crippen molar-refractivity contribution in [3.8, 4) is 0 Å². The molecular weight excluding hydrogens is 212 g/mol. The summed E-state index contributed by atoms with van der Waals surface area (Å²) in [5.41, 5.74) is 6.01. The van der Waals surface area contributed by atoms with Crippen molar-refractivity contribution in [3.63, 3.8) is 0 Å².